The second-order valence-corrected chi connectivity index (χ2v) is 12.0. The Labute approximate surface area is 174 Å². The number of rotatable bonds is 0. The van der Waals surface area contributed by atoms with Crippen molar-refractivity contribution in [1.29, 1.82) is 0 Å². The average molecular weight is 382 g/mol. The van der Waals surface area contributed by atoms with Crippen LogP contribution in [-0.4, -0.2) is 5.54 Å². The minimum absolute atomic E-state index is 0.194. The molecule has 0 saturated heterocycles. The highest BCUT2D eigenvalue weighted by Crippen LogP contribution is 2.82. The van der Waals surface area contributed by atoms with Crippen molar-refractivity contribution in [3.63, 3.8) is 0 Å². The minimum Gasteiger partial charge on any atom is -0.314 e. The van der Waals surface area contributed by atoms with E-state index < -0.39 is 0 Å². The van der Waals surface area contributed by atoms with Crippen molar-refractivity contribution < 1.29 is 0 Å². The van der Waals surface area contributed by atoms with Crippen LogP contribution in [0.15, 0.2) is 0 Å². The summed E-state index contributed by atoms with van der Waals surface area (Å²) in [7, 11) is 0. The fraction of sp³-hybridized carbons (Fsp3) is 0.926. The molecule has 0 radical (unpaired) electrons. The van der Waals surface area contributed by atoms with Crippen molar-refractivity contribution in [3.8, 4) is 11.8 Å². The van der Waals surface area contributed by atoms with Crippen LogP contribution in [0.2, 0.25) is 0 Å². The van der Waals surface area contributed by atoms with Crippen molar-refractivity contribution in [1.82, 2.24) is 0 Å². The molecule has 6 fully saturated rings. The molecule has 0 aliphatic heterocycles. The van der Waals surface area contributed by atoms with Gasteiger partial charge in [0.15, 0.2) is 0 Å². The summed E-state index contributed by atoms with van der Waals surface area (Å²) in [5.74, 6) is 13.3. The number of hydrogen-bond donors (Lipinski definition) is 1. The maximum absolute atomic E-state index is 7.14. The molecule has 11 unspecified atom stereocenters. The summed E-state index contributed by atoms with van der Waals surface area (Å²) in [4.78, 5) is 0. The van der Waals surface area contributed by atoms with Crippen LogP contribution < -0.4 is 5.73 Å². The summed E-state index contributed by atoms with van der Waals surface area (Å²) in [6, 6.07) is 0. The molecular formula is C27H43N. The molecule has 0 amide bonds. The predicted molar refractivity (Wildman–Crippen MR) is 117 cm³/mol. The summed E-state index contributed by atoms with van der Waals surface area (Å²) < 4.78 is 0. The van der Waals surface area contributed by atoms with Crippen LogP contribution in [-0.2, 0) is 0 Å². The van der Waals surface area contributed by atoms with Crippen LogP contribution in [0.1, 0.15) is 92.9 Å². The van der Waals surface area contributed by atoms with Gasteiger partial charge < -0.3 is 5.73 Å². The molecule has 0 heterocycles. The Bertz CT molecular complexity index is 730. The van der Waals surface area contributed by atoms with Gasteiger partial charge in [0, 0.05) is 5.41 Å². The fourth-order valence-corrected chi connectivity index (χ4v) is 10.2. The van der Waals surface area contributed by atoms with Gasteiger partial charge in [0.25, 0.3) is 0 Å². The maximum atomic E-state index is 7.14. The molecule has 1 heteroatoms. The van der Waals surface area contributed by atoms with E-state index in [0.717, 1.165) is 35.5 Å². The lowest BCUT2D eigenvalue weighted by Gasteiger charge is -2.65. The zero-order chi connectivity index (χ0) is 20.1. The van der Waals surface area contributed by atoms with E-state index >= 15 is 0 Å². The first-order chi connectivity index (χ1) is 13.3. The van der Waals surface area contributed by atoms with Crippen molar-refractivity contribution in [2.24, 2.45) is 63.4 Å². The Hall–Kier alpha value is -0.480. The Kier molecular flexibility index (Phi) is 4.04. The molecule has 28 heavy (non-hydrogen) atoms. The van der Waals surface area contributed by atoms with Gasteiger partial charge in [-0.2, -0.15) is 0 Å². The van der Waals surface area contributed by atoms with Gasteiger partial charge in [0.2, 0.25) is 0 Å². The highest BCUT2D eigenvalue weighted by Gasteiger charge is 2.79. The Morgan fingerprint density at radius 1 is 0.786 bits per heavy atom. The Balaban J connectivity index is 0.000000829. The van der Waals surface area contributed by atoms with Crippen LogP contribution in [0.4, 0.5) is 0 Å². The molecule has 6 aliphatic rings. The lowest BCUT2D eigenvalue weighted by molar-refractivity contribution is -0.163. The van der Waals surface area contributed by atoms with E-state index in [0.29, 0.717) is 16.7 Å². The van der Waals surface area contributed by atoms with E-state index in [2.05, 4.69) is 32.6 Å². The first-order valence-corrected chi connectivity index (χ1v) is 12.5. The number of fused-ring (bicyclic) bond motifs is 10. The molecular weight excluding hydrogens is 338 g/mol. The highest BCUT2D eigenvalue weighted by molar-refractivity contribution is 5.37. The molecule has 6 saturated carbocycles. The quantitative estimate of drug-likeness (QED) is 0.492. The van der Waals surface area contributed by atoms with E-state index in [1.54, 1.807) is 0 Å². The van der Waals surface area contributed by atoms with Crippen LogP contribution in [0.3, 0.4) is 0 Å². The van der Waals surface area contributed by atoms with Crippen molar-refractivity contribution in [2.75, 3.05) is 0 Å². The first-order valence-electron chi connectivity index (χ1n) is 12.5. The second-order valence-electron chi connectivity index (χ2n) is 12.0. The molecule has 156 valence electrons. The van der Waals surface area contributed by atoms with Crippen LogP contribution in [0.5, 0.6) is 0 Å². The van der Waals surface area contributed by atoms with E-state index in [-0.39, 0.29) is 11.0 Å². The fourth-order valence-electron chi connectivity index (χ4n) is 10.2. The summed E-state index contributed by atoms with van der Waals surface area (Å²) >= 11 is 0. The predicted octanol–water partition coefficient (Wildman–Crippen LogP) is 6.27. The lowest BCUT2D eigenvalue weighted by atomic mass is 9.39. The average Bonchev–Trinajstić information content (AvgIpc) is 3.57. The van der Waals surface area contributed by atoms with Crippen molar-refractivity contribution in [3.05, 3.63) is 0 Å². The third kappa shape index (κ3) is 1.96. The summed E-state index contributed by atoms with van der Waals surface area (Å²) in [5, 5.41) is 0. The lowest BCUT2D eigenvalue weighted by Crippen LogP contribution is -2.62. The molecule has 1 nitrogen and oxygen atoms in total. The van der Waals surface area contributed by atoms with Gasteiger partial charge in [-0.1, -0.05) is 53.4 Å². The first kappa shape index (κ1) is 19.5. The molecule has 0 aromatic rings. The van der Waals surface area contributed by atoms with Crippen LogP contribution in [0, 0.1) is 69.5 Å². The van der Waals surface area contributed by atoms with Gasteiger partial charge in [0.05, 0.1) is 5.54 Å². The number of hydrogen-bond acceptors (Lipinski definition) is 1. The van der Waals surface area contributed by atoms with E-state index in [4.69, 9.17) is 5.73 Å². The second kappa shape index (κ2) is 5.81. The van der Waals surface area contributed by atoms with Gasteiger partial charge in [0.1, 0.15) is 0 Å². The largest absolute Gasteiger partial charge is 0.314 e. The zero-order valence-corrected chi connectivity index (χ0v) is 19.3. The van der Waals surface area contributed by atoms with Crippen LogP contribution >= 0.6 is 0 Å². The molecule has 6 rings (SSSR count). The summed E-state index contributed by atoms with van der Waals surface area (Å²) in [6.45, 7) is 14.0. The smallest absolute Gasteiger partial charge is 0.0864 e. The Morgan fingerprint density at radius 3 is 2.04 bits per heavy atom. The molecule has 0 aromatic heterocycles. The van der Waals surface area contributed by atoms with Crippen molar-refractivity contribution >= 4 is 0 Å². The summed E-state index contributed by atoms with van der Waals surface area (Å²) in [5.41, 5.74) is 8.45. The number of nitrogens with two attached hydrogens (primary N) is 1. The minimum atomic E-state index is -0.194. The van der Waals surface area contributed by atoms with E-state index in [1.165, 1.54) is 51.4 Å². The molecule has 0 bridgehead atoms. The molecule has 6 aliphatic carbocycles. The van der Waals surface area contributed by atoms with Gasteiger partial charge >= 0.3 is 0 Å². The summed E-state index contributed by atoms with van der Waals surface area (Å²) in [6.07, 6.45) is 11.6. The molecule has 0 spiro atoms. The van der Waals surface area contributed by atoms with Gasteiger partial charge in [-0.25, -0.2) is 0 Å². The van der Waals surface area contributed by atoms with Crippen molar-refractivity contribution in [2.45, 2.75) is 98.4 Å². The molecule has 11 atom stereocenters. The topological polar surface area (TPSA) is 26.0 Å². The van der Waals surface area contributed by atoms with E-state index in [1.807, 2.05) is 20.8 Å². The Morgan fingerprint density at radius 2 is 1.39 bits per heavy atom. The standard InChI is InChI=1S/C25H37N.C2H6/c1-5-9-25(26)19-14-16(19)21-20-15-13-18(15)23(3)11-7-6-10-22(23,2)17(20)8-12-24(21,25)4;1-2/h15-21H,6-8,10-14,26H2,1-4H3;1-2H3. The zero-order valence-electron chi connectivity index (χ0n) is 19.3. The van der Waals surface area contributed by atoms with Gasteiger partial charge in [-0.05, 0) is 97.7 Å². The third-order valence-corrected chi connectivity index (χ3v) is 11.7. The third-order valence-electron chi connectivity index (χ3n) is 11.7. The monoisotopic (exact) mass is 381 g/mol. The van der Waals surface area contributed by atoms with Gasteiger partial charge in [-0.3, -0.25) is 0 Å². The maximum Gasteiger partial charge on any atom is 0.0864 e. The normalized spacial score (nSPS) is 62.3. The van der Waals surface area contributed by atoms with Crippen LogP contribution in [0.25, 0.3) is 0 Å². The van der Waals surface area contributed by atoms with Gasteiger partial charge in [-0.15, -0.1) is 5.92 Å². The SMILES string of the molecule is CC.CC#CC1(N)C2CC2C2C3C4CC4C4(C)CCCCC4(C)C3CCC21C. The highest BCUT2D eigenvalue weighted by atomic mass is 14.9. The molecule has 2 N–H and O–H groups in total. The molecule has 0 aromatic carbocycles. The van der Waals surface area contributed by atoms with E-state index in [9.17, 15) is 0 Å².